The molecule has 0 fully saturated rings. The predicted octanol–water partition coefficient (Wildman–Crippen LogP) is 1.91. The monoisotopic (exact) mass is 305 g/mol. The van der Waals surface area contributed by atoms with Crippen LogP contribution in [0.5, 0.6) is 5.75 Å². The summed E-state index contributed by atoms with van der Waals surface area (Å²) in [5.41, 5.74) is 0.893. The molecule has 0 spiro atoms. The minimum Gasteiger partial charge on any atom is -0.496 e. The number of benzene rings is 1. The molecule has 6 heteroatoms. The molecule has 0 aromatic heterocycles. The SMILES string of the molecule is CNC(Cc1cc(Cl)ccc1OC)C(C)S(C)(=O)=O. The lowest BCUT2D eigenvalue weighted by Gasteiger charge is -2.23. The Hall–Kier alpha value is -0.780. The molecule has 1 aromatic carbocycles. The summed E-state index contributed by atoms with van der Waals surface area (Å²) in [5, 5.41) is 3.17. The fourth-order valence-corrected chi connectivity index (χ4v) is 2.97. The van der Waals surface area contributed by atoms with Crippen molar-refractivity contribution in [3.8, 4) is 5.75 Å². The van der Waals surface area contributed by atoms with Gasteiger partial charge >= 0.3 is 0 Å². The Morgan fingerprint density at radius 1 is 1.42 bits per heavy atom. The summed E-state index contributed by atoms with van der Waals surface area (Å²) in [7, 11) is 0.238. The van der Waals surface area contributed by atoms with E-state index < -0.39 is 15.1 Å². The van der Waals surface area contributed by atoms with Gasteiger partial charge in [-0.2, -0.15) is 0 Å². The fourth-order valence-electron chi connectivity index (χ4n) is 1.94. The normalized spacial score (nSPS) is 15.0. The molecule has 2 unspecified atom stereocenters. The quantitative estimate of drug-likeness (QED) is 0.872. The van der Waals surface area contributed by atoms with Crippen molar-refractivity contribution in [1.29, 1.82) is 0 Å². The van der Waals surface area contributed by atoms with E-state index in [4.69, 9.17) is 16.3 Å². The lowest BCUT2D eigenvalue weighted by Crippen LogP contribution is -2.42. The number of ether oxygens (including phenoxy) is 1. The van der Waals surface area contributed by atoms with Gasteiger partial charge in [-0.1, -0.05) is 11.6 Å². The maximum absolute atomic E-state index is 11.6. The Morgan fingerprint density at radius 2 is 2.05 bits per heavy atom. The van der Waals surface area contributed by atoms with Gasteiger partial charge in [-0.15, -0.1) is 0 Å². The van der Waals surface area contributed by atoms with E-state index in [1.807, 2.05) is 0 Å². The number of nitrogens with one attached hydrogen (secondary N) is 1. The second kappa shape index (κ2) is 6.59. The zero-order valence-corrected chi connectivity index (χ0v) is 13.2. The van der Waals surface area contributed by atoms with Gasteiger partial charge < -0.3 is 10.1 Å². The van der Waals surface area contributed by atoms with Crippen LogP contribution in [0, 0.1) is 0 Å². The van der Waals surface area contributed by atoms with Crippen molar-refractivity contribution in [2.75, 3.05) is 20.4 Å². The van der Waals surface area contributed by atoms with Crippen molar-refractivity contribution in [2.45, 2.75) is 24.6 Å². The second-order valence-corrected chi connectivity index (χ2v) is 7.43. The van der Waals surface area contributed by atoms with Gasteiger partial charge in [0.1, 0.15) is 5.75 Å². The smallest absolute Gasteiger partial charge is 0.151 e. The lowest BCUT2D eigenvalue weighted by molar-refractivity contribution is 0.405. The van der Waals surface area contributed by atoms with Crippen LogP contribution in [0.1, 0.15) is 12.5 Å². The first-order valence-electron chi connectivity index (χ1n) is 5.98. The van der Waals surface area contributed by atoms with Crippen molar-refractivity contribution in [3.05, 3.63) is 28.8 Å². The predicted molar refractivity (Wildman–Crippen MR) is 78.9 cm³/mol. The molecule has 0 bridgehead atoms. The molecule has 2 atom stereocenters. The molecule has 0 saturated carbocycles. The summed E-state index contributed by atoms with van der Waals surface area (Å²) >= 11 is 5.98. The van der Waals surface area contributed by atoms with E-state index in [0.29, 0.717) is 17.2 Å². The van der Waals surface area contributed by atoms with E-state index in [1.54, 1.807) is 39.3 Å². The topological polar surface area (TPSA) is 55.4 Å². The number of rotatable bonds is 6. The number of halogens is 1. The van der Waals surface area contributed by atoms with Crippen LogP contribution in [-0.2, 0) is 16.3 Å². The van der Waals surface area contributed by atoms with Crippen LogP contribution in [0.3, 0.4) is 0 Å². The molecule has 1 N–H and O–H groups in total. The molecule has 0 amide bonds. The molecule has 0 saturated heterocycles. The highest BCUT2D eigenvalue weighted by atomic mass is 35.5. The molecule has 1 aromatic rings. The molecule has 0 aliphatic rings. The van der Waals surface area contributed by atoms with Crippen LogP contribution in [-0.4, -0.2) is 40.1 Å². The van der Waals surface area contributed by atoms with Crippen LogP contribution >= 0.6 is 11.6 Å². The van der Waals surface area contributed by atoms with E-state index in [-0.39, 0.29) is 6.04 Å². The summed E-state index contributed by atoms with van der Waals surface area (Å²) in [6.07, 6.45) is 1.78. The van der Waals surface area contributed by atoms with Crippen molar-refractivity contribution >= 4 is 21.4 Å². The van der Waals surface area contributed by atoms with Gasteiger partial charge in [0, 0.05) is 17.3 Å². The molecule has 0 heterocycles. The van der Waals surface area contributed by atoms with Crippen LogP contribution < -0.4 is 10.1 Å². The summed E-state index contributed by atoms with van der Waals surface area (Å²) in [4.78, 5) is 0. The third-order valence-corrected chi connectivity index (χ3v) is 5.21. The van der Waals surface area contributed by atoms with Gasteiger partial charge in [-0.3, -0.25) is 0 Å². The van der Waals surface area contributed by atoms with Crippen molar-refractivity contribution in [2.24, 2.45) is 0 Å². The van der Waals surface area contributed by atoms with Gasteiger partial charge in [0.25, 0.3) is 0 Å². The first-order valence-corrected chi connectivity index (χ1v) is 8.31. The first-order chi connectivity index (χ1) is 8.79. The maximum atomic E-state index is 11.6. The molecule has 1 rings (SSSR count). The third kappa shape index (κ3) is 4.37. The summed E-state index contributed by atoms with van der Waals surface area (Å²) in [6, 6.07) is 5.15. The van der Waals surface area contributed by atoms with Crippen LogP contribution in [0.15, 0.2) is 18.2 Å². The Balaban J connectivity index is 3.02. The highest BCUT2D eigenvalue weighted by molar-refractivity contribution is 7.91. The van der Waals surface area contributed by atoms with Crippen molar-refractivity contribution in [3.63, 3.8) is 0 Å². The van der Waals surface area contributed by atoms with Crippen LogP contribution in [0.2, 0.25) is 5.02 Å². The average molecular weight is 306 g/mol. The van der Waals surface area contributed by atoms with Crippen molar-refractivity contribution < 1.29 is 13.2 Å². The largest absolute Gasteiger partial charge is 0.496 e. The average Bonchev–Trinajstić information content (AvgIpc) is 2.34. The molecular formula is C13H20ClNO3S. The highest BCUT2D eigenvalue weighted by Gasteiger charge is 2.25. The minimum absolute atomic E-state index is 0.192. The van der Waals surface area contributed by atoms with Gasteiger partial charge in [-0.25, -0.2) is 8.42 Å². The molecular weight excluding hydrogens is 286 g/mol. The fraction of sp³-hybridized carbons (Fsp3) is 0.538. The summed E-state index contributed by atoms with van der Waals surface area (Å²) in [5.74, 6) is 0.713. The van der Waals surface area contributed by atoms with E-state index in [2.05, 4.69) is 5.32 Å². The number of hydrogen-bond acceptors (Lipinski definition) is 4. The molecule has 19 heavy (non-hydrogen) atoms. The molecule has 4 nitrogen and oxygen atoms in total. The Bertz CT molecular complexity index is 531. The zero-order valence-electron chi connectivity index (χ0n) is 11.6. The van der Waals surface area contributed by atoms with E-state index in [0.717, 1.165) is 5.56 Å². The molecule has 0 aliphatic heterocycles. The summed E-state index contributed by atoms with van der Waals surface area (Å²) in [6.45, 7) is 1.70. The third-order valence-electron chi connectivity index (χ3n) is 3.30. The van der Waals surface area contributed by atoms with E-state index in [9.17, 15) is 8.42 Å². The maximum Gasteiger partial charge on any atom is 0.151 e. The van der Waals surface area contributed by atoms with Gasteiger partial charge in [0.05, 0.1) is 12.4 Å². The lowest BCUT2D eigenvalue weighted by atomic mass is 10.0. The van der Waals surface area contributed by atoms with Crippen molar-refractivity contribution in [1.82, 2.24) is 5.32 Å². The number of methoxy groups -OCH3 is 1. The van der Waals surface area contributed by atoms with Gasteiger partial charge in [0.15, 0.2) is 9.84 Å². The second-order valence-electron chi connectivity index (χ2n) is 4.59. The Kier molecular flexibility index (Phi) is 5.64. The Morgan fingerprint density at radius 3 is 2.53 bits per heavy atom. The van der Waals surface area contributed by atoms with Gasteiger partial charge in [0.2, 0.25) is 0 Å². The number of hydrogen-bond donors (Lipinski definition) is 1. The molecule has 108 valence electrons. The number of sulfone groups is 1. The molecule has 0 radical (unpaired) electrons. The molecule has 0 aliphatic carbocycles. The van der Waals surface area contributed by atoms with E-state index in [1.165, 1.54) is 6.26 Å². The number of likely N-dealkylation sites (N-methyl/N-ethyl adjacent to an activating group) is 1. The summed E-state index contributed by atoms with van der Waals surface area (Å²) < 4.78 is 28.6. The highest BCUT2D eigenvalue weighted by Crippen LogP contribution is 2.25. The van der Waals surface area contributed by atoms with Gasteiger partial charge in [-0.05, 0) is 44.2 Å². The first kappa shape index (κ1) is 16.3. The van der Waals surface area contributed by atoms with Crippen LogP contribution in [0.4, 0.5) is 0 Å². The van der Waals surface area contributed by atoms with Crippen LogP contribution in [0.25, 0.3) is 0 Å². The minimum atomic E-state index is -3.10. The van der Waals surface area contributed by atoms with E-state index >= 15 is 0 Å². The zero-order chi connectivity index (χ0) is 14.6. The standard InChI is InChI=1S/C13H20ClNO3S/c1-9(19(4,16)17)12(15-2)8-10-7-11(14)5-6-13(10)18-3/h5-7,9,12,15H,8H2,1-4H3. The Labute approximate surface area is 120 Å².